The van der Waals surface area contributed by atoms with Gasteiger partial charge in [-0.1, -0.05) is 30.0 Å². The van der Waals surface area contributed by atoms with E-state index in [-0.39, 0.29) is 18.2 Å². The Hall–Kier alpha value is -3.13. The van der Waals surface area contributed by atoms with Gasteiger partial charge in [0.15, 0.2) is 5.17 Å². The second-order valence-corrected chi connectivity index (χ2v) is 6.83. The summed E-state index contributed by atoms with van der Waals surface area (Å²) in [6.07, 6.45) is 1.64. The van der Waals surface area contributed by atoms with Gasteiger partial charge in [-0.2, -0.15) is 5.10 Å². The number of carbonyl (C=O) groups is 2. The lowest BCUT2D eigenvalue weighted by Gasteiger charge is -2.06. The summed E-state index contributed by atoms with van der Waals surface area (Å²) in [7, 11) is 1.60. The molecule has 2 amide bonds. The molecule has 0 saturated carbocycles. The quantitative estimate of drug-likeness (QED) is 0.593. The molecule has 2 aromatic rings. The molecule has 7 nitrogen and oxygen atoms in total. The molecular weight excluding hydrogens is 364 g/mol. The number of rotatable bonds is 6. The number of thioether (sulfide) groups is 1. The lowest BCUT2D eigenvalue weighted by molar-refractivity contribution is -0.122. The normalized spacial score (nSPS) is 17.9. The summed E-state index contributed by atoms with van der Waals surface area (Å²) in [5.41, 5.74) is 1.55. The summed E-state index contributed by atoms with van der Waals surface area (Å²) < 4.78 is 5.09. The first-order chi connectivity index (χ1) is 13.1. The monoisotopic (exact) mass is 382 g/mol. The summed E-state index contributed by atoms with van der Waals surface area (Å²) in [5, 5.41) is 13.2. The minimum absolute atomic E-state index is 0.0621. The van der Waals surface area contributed by atoms with Crippen LogP contribution >= 0.6 is 11.8 Å². The van der Waals surface area contributed by atoms with Crippen LogP contribution in [0.5, 0.6) is 5.75 Å². The molecule has 1 heterocycles. The van der Waals surface area contributed by atoms with E-state index in [9.17, 15) is 9.59 Å². The lowest BCUT2D eigenvalue weighted by atomic mass is 10.2. The van der Waals surface area contributed by atoms with Crippen molar-refractivity contribution < 1.29 is 14.3 Å². The van der Waals surface area contributed by atoms with E-state index in [4.69, 9.17) is 4.74 Å². The molecule has 3 rings (SSSR count). The molecule has 0 radical (unpaired) electrons. The number of hydrogen-bond donors (Lipinski definition) is 2. The molecule has 2 N–H and O–H groups in total. The van der Waals surface area contributed by atoms with Gasteiger partial charge < -0.3 is 15.4 Å². The van der Waals surface area contributed by atoms with Crippen molar-refractivity contribution >= 4 is 40.6 Å². The van der Waals surface area contributed by atoms with Crippen LogP contribution in [0.4, 0.5) is 5.69 Å². The summed E-state index contributed by atoms with van der Waals surface area (Å²) in [6.45, 7) is 0. The number of anilines is 1. The summed E-state index contributed by atoms with van der Waals surface area (Å²) in [6, 6.07) is 16.5. The molecule has 1 aliphatic heterocycles. The topological polar surface area (TPSA) is 92.2 Å². The fourth-order valence-electron chi connectivity index (χ4n) is 2.33. The molecular formula is C19H18N4O3S. The first kappa shape index (κ1) is 18.7. The summed E-state index contributed by atoms with van der Waals surface area (Å²) in [4.78, 5) is 24.1. The Labute approximate surface area is 160 Å². The van der Waals surface area contributed by atoms with Crippen molar-refractivity contribution in [3.63, 3.8) is 0 Å². The molecule has 1 aliphatic rings. The Morgan fingerprint density at radius 3 is 2.67 bits per heavy atom. The Morgan fingerprint density at radius 1 is 1.22 bits per heavy atom. The van der Waals surface area contributed by atoms with E-state index in [0.717, 1.165) is 11.3 Å². The first-order valence-corrected chi connectivity index (χ1v) is 9.09. The van der Waals surface area contributed by atoms with E-state index >= 15 is 0 Å². The van der Waals surface area contributed by atoms with Crippen LogP contribution in [0.2, 0.25) is 0 Å². The molecule has 1 fully saturated rings. The van der Waals surface area contributed by atoms with Crippen molar-refractivity contribution in [3.05, 3.63) is 60.2 Å². The Kier molecular flexibility index (Phi) is 6.22. The number of para-hydroxylation sites is 1. The molecule has 8 heteroatoms. The number of carbonyl (C=O) groups excluding carboxylic acids is 2. The van der Waals surface area contributed by atoms with Crippen molar-refractivity contribution in [1.29, 1.82) is 0 Å². The van der Waals surface area contributed by atoms with E-state index in [0.29, 0.717) is 10.9 Å². The predicted molar refractivity (Wildman–Crippen MR) is 107 cm³/mol. The average molecular weight is 382 g/mol. The van der Waals surface area contributed by atoms with Gasteiger partial charge in [0.05, 0.1) is 13.3 Å². The van der Waals surface area contributed by atoms with Crippen molar-refractivity contribution in [2.45, 2.75) is 11.7 Å². The van der Waals surface area contributed by atoms with E-state index in [1.54, 1.807) is 25.5 Å². The maximum Gasteiger partial charge on any atom is 0.240 e. The fraction of sp³-hybridized carbons (Fsp3) is 0.158. The molecule has 0 aliphatic carbocycles. The molecule has 1 atom stereocenters. The second kappa shape index (κ2) is 9.00. The third kappa shape index (κ3) is 5.42. The van der Waals surface area contributed by atoms with Crippen LogP contribution < -0.4 is 15.4 Å². The van der Waals surface area contributed by atoms with Gasteiger partial charge in [-0.15, -0.1) is 5.10 Å². The number of nitrogens with zero attached hydrogens (tertiary/aromatic N) is 2. The van der Waals surface area contributed by atoms with Crippen LogP contribution in [-0.4, -0.2) is 35.6 Å². The molecule has 2 aromatic carbocycles. The second-order valence-electron chi connectivity index (χ2n) is 5.64. The van der Waals surface area contributed by atoms with Crippen LogP contribution in [-0.2, 0) is 9.59 Å². The molecule has 0 bridgehead atoms. The number of amidine groups is 1. The Morgan fingerprint density at radius 2 is 1.96 bits per heavy atom. The van der Waals surface area contributed by atoms with E-state index in [2.05, 4.69) is 20.8 Å². The minimum atomic E-state index is -0.524. The van der Waals surface area contributed by atoms with E-state index in [1.165, 1.54) is 11.8 Å². The maximum absolute atomic E-state index is 12.1. The van der Waals surface area contributed by atoms with E-state index in [1.807, 2.05) is 42.5 Å². The third-order valence-electron chi connectivity index (χ3n) is 3.68. The number of ether oxygens (including phenoxy) is 1. The lowest BCUT2D eigenvalue weighted by Crippen LogP contribution is -2.28. The van der Waals surface area contributed by atoms with Gasteiger partial charge in [0.2, 0.25) is 11.8 Å². The van der Waals surface area contributed by atoms with Crippen LogP contribution in [0.3, 0.4) is 0 Å². The van der Waals surface area contributed by atoms with Crippen molar-refractivity contribution in [1.82, 2.24) is 5.32 Å². The number of methoxy groups -OCH3 is 1. The highest BCUT2D eigenvalue weighted by molar-refractivity contribution is 8.15. The number of benzene rings is 2. The van der Waals surface area contributed by atoms with Crippen molar-refractivity contribution in [2.75, 3.05) is 12.4 Å². The highest BCUT2D eigenvalue weighted by Crippen LogP contribution is 2.23. The smallest absolute Gasteiger partial charge is 0.240 e. The summed E-state index contributed by atoms with van der Waals surface area (Å²) >= 11 is 1.19. The number of nitrogens with one attached hydrogen (secondary N) is 2. The molecule has 0 aromatic heterocycles. The van der Waals surface area contributed by atoms with Gasteiger partial charge >= 0.3 is 0 Å². The van der Waals surface area contributed by atoms with E-state index < -0.39 is 5.25 Å². The van der Waals surface area contributed by atoms with Gasteiger partial charge in [-0.05, 0) is 42.0 Å². The fourth-order valence-corrected chi connectivity index (χ4v) is 3.25. The van der Waals surface area contributed by atoms with Crippen LogP contribution in [0.15, 0.2) is 64.8 Å². The van der Waals surface area contributed by atoms with Crippen molar-refractivity contribution in [2.24, 2.45) is 10.2 Å². The SMILES string of the molecule is COc1ccc(/C=N/N=C2\NC(=O)C(CC(=O)Nc3ccccc3)S2)cc1. The van der Waals surface area contributed by atoms with Gasteiger partial charge in [0.1, 0.15) is 11.0 Å². The minimum Gasteiger partial charge on any atom is -0.497 e. The highest BCUT2D eigenvalue weighted by Gasteiger charge is 2.32. The zero-order valence-corrected chi connectivity index (χ0v) is 15.4. The first-order valence-electron chi connectivity index (χ1n) is 8.21. The standard InChI is InChI=1S/C19H18N4O3S/c1-26-15-9-7-13(8-10-15)12-20-23-19-22-18(25)16(27-19)11-17(24)21-14-5-3-2-4-6-14/h2-10,12,16H,11H2,1H3,(H,21,24)(H,22,23,25)/b20-12+. The predicted octanol–water partition coefficient (Wildman–Crippen LogP) is 2.65. The van der Waals surface area contributed by atoms with Crippen LogP contribution in [0.1, 0.15) is 12.0 Å². The van der Waals surface area contributed by atoms with Gasteiger partial charge in [0.25, 0.3) is 0 Å². The Bertz CT molecular complexity index is 866. The van der Waals surface area contributed by atoms with Gasteiger partial charge in [-0.3, -0.25) is 9.59 Å². The third-order valence-corrected chi connectivity index (χ3v) is 4.75. The molecule has 27 heavy (non-hydrogen) atoms. The maximum atomic E-state index is 12.1. The molecule has 138 valence electrons. The highest BCUT2D eigenvalue weighted by atomic mass is 32.2. The number of hydrogen-bond acceptors (Lipinski definition) is 6. The summed E-state index contributed by atoms with van der Waals surface area (Å²) in [5.74, 6) is 0.284. The molecule has 1 saturated heterocycles. The largest absolute Gasteiger partial charge is 0.497 e. The number of amides is 2. The zero-order valence-electron chi connectivity index (χ0n) is 14.6. The van der Waals surface area contributed by atoms with Crippen LogP contribution in [0, 0.1) is 0 Å². The Balaban J connectivity index is 1.53. The van der Waals surface area contributed by atoms with Gasteiger partial charge in [-0.25, -0.2) is 0 Å². The van der Waals surface area contributed by atoms with Crippen molar-refractivity contribution in [3.8, 4) is 5.75 Å². The average Bonchev–Trinajstić information content (AvgIpc) is 3.02. The zero-order chi connectivity index (χ0) is 19.1. The molecule has 1 unspecified atom stereocenters. The van der Waals surface area contributed by atoms with Crippen LogP contribution in [0.25, 0.3) is 0 Å². The van der Waals surface area contributed by atoms with Gasteiger partial charge in [0, 0.05) is 12.1 Å². The molecule has 0 spiro atoms.